The first kappa shape index (κ1) is 11.9. The van der Waals surface area contributed by atoms with Gasteiger partial charge in [-0.1, -0.05) is 15.9 Å². The van der Waals surface area contributed by atoms with E-state index in [0.29, 0.717) is 9.37 Å². The van der Waals surface area contributed by atoms with Crippen molar-refractivity contribution in [2.75, 3.05) is 0 Å². The van der Waals surface area contributed by atoms with Crippen LogP contribution >= 0.6 is 27.9 Å². The first-order valence-corrected chi connectivity index (χ1v) is 5.27. The smallest absolute Gasteiger partial charge is 0.274 e. The normalized spacial score (nSPS) is 11.9. The van der Waals surface area contributed by atoms with Crippen molar-refractivity contribution in [3.8, 4) is 0 Å². The Morgan fingerprint density at radius 3 is 2.36 bits per heavy atom. The molecule has 0 unspecified atom stereocenters. The molecule has 0 aliphatic heterocycles. The van der Waals surface area contributed by atoms with Crippen LogP contribution in [0.3, 0.4) is 0 Å². The monoisotopic (exact) mass is 285 g/mol. The lowest BCUT2D eigenvalue weighted by Gasteiger charge is -2.13. The maximum atomic E-state index is 12.5. The van der Waals surface area contributed by atoms with Crippen molar-refractivity contribution in [1.82, 2.24) is 0 Å². The predicted molar refractivity (Wildman–Crippen MR) is 53.9 cm³/mol. The highest BCUT2D eigenvalue weighted by Crippen LogP contribution is 2.37. The van der Waals surface area contributed by atoms with E-state index in [0.717, 1.165) is 18.0 Å². The molecule has 1 nitrogen and oxygen atoms in total. The van der Waals surface area contributed by atoms with Gasteiger partial charge in [-0.3, -0.25) is 5.14 Å². The third-order valence-electron chi connectivity index (χ3n) is 1.76. The lowest BCUT2D eigenvalue weighted by atomic mass is 10.1. The van der Waals surface area contributed by atoms with Crippen LogP contribution in [0.15, 0.2) is 21.5 Å². The van der Waals surface area contributed by atoms with Gasteiger partial charge in [-0.05, 0) is 36.6 Å². The highest BCUT2D eigenvalue weighted by Gasteiger charge is 2.33. The van der Waals surface area contributed by atoms with Gasteiger partial charge in [-0.2, -0.15) is 13.2 Å². The summed E-state index contributed by atoms with van der Waals surface area (Å²) in [5, 5.41) is 5.26. The minimum atomic E-state index is -4.33. The number of nitrogens with two attached hydrogens (primary N) is 1. The first-order valence-electron chi connectivity index (χ1n) is 3.60. The summed E-state index contributed by atoms with van der Waals surface area (Å²) in [6.45, 7) is 1.41. The summed E-state index contributed by atoms with van der Waals surface area (Å²) in [6, 6.07) is 2.62. The Hall–Kier alpha value is -0.200. The van der Waals surface area contributed by atoms with Gasteiger partial charge in [-0.25, -0.2) is 0 Å². The number of alkyl halides is 3. The zero-order valence-electron chi connectivity index (χ0n) is 7.15. The van der Waals surface area contributed by atoms with E-state index in [2.05, 4.69) is 15.9 Å². The number of benzene rings is 1. The van der Waals surface area contributed by atoms with Gasteiger partial charge in [0.2, 0.25) is 0 Å². The van der Waals surface area contributed by atoms with Crippen LogP contribution in [0, 0.1) is 6.92 Å². The summed E-state index contributed by atoms with van der Waals surface area (Å²) in [7, 11) is 0. The molecule has 0 aliphatic rings. The van der Waals surface area contributed by atoms with Gasteiger partial charge < -0.3 is 0 Å². The number of hydrogen-bond acceptors (Lipinski definition) is 2. The quantitative estimate of drug-likeness (QED) is 0.796. The Balaban J connectivity index is 3.37. The fourth-order valence-electron chi connectivity index (χ4n) is 1.07. The second-order valence-electron chi connectivity index (χ2n) is 2.69. The van der Waals surface area contributed by atoms with Crippen molar-refractivity contribution >= 4 is 27.9 Å². The van der Waals surface area contributed by atoms with E-state index >= 15 is 0 Å². The summed E-state index contributed by atoms with van der Waals surface area (Å²) in [4.78, 5) is 0.423. The highest BCUT2D eigenvalue weighted by molar-refractivity contribution is 9.10. The summed E-state index contributed by atoms with van der Waals surface area (Å²) < 4.78 is 37.8. The van der Waals surface area contributed by atoms with E-state index in [1.807, 2.05) is 0 Å². The van der Waals surface area contributed by atoms with Crippen LogP contribution < -0.4 is 5.14 Å². The van der Waals surface area contributed by atoms with Gasteiger partial charge in [0, 0.05) is 9.37 Å². The molecule has 0 radical (unpaired) electrons. The van der Waals surface area contributed by atoms with E-state index in [-0.39, 0.29) is 5.56 Å². The Labute approximate surface area is 92.1 Å². The van der Waals surface area contributed by atoms with Gasteiger partial charge >= 0.3 is 6.18 Å². The molecule has 1 aromatic carbocycles. The number of rotatable bonds is 1. The van der Waals surface area contributed by atoms with E-state index in [1.54, 1.807) is 6.07 Å². The van der Waals surface area contributed by atoms with E-state index in [1.165, 1.54) is 6.92 Å². The zero-order chi connectivity index (χ0) is 10.9. The lowest BCUT2D eigenvalue weighted by Crippen LogP contribution is -2.08. The fraction of sp³-hybridized carbons (Fsp3) is 0.250. The molecule has 0 fully saturated rings. The molecule has 0 atom stereocenters. The van der Waals surface area contributed by atoms with Crippen LogP contribution in [0.5, 0.6) is 0 Å². The van der Waals surface area contributed by atoms with Crippen molar-refractivity contribution in [2.24, 2.45) is 5.14 Å². The summed E-state index contributed by atoms with van der Waals surface area (Å²) >= 11 is 3.82. The third-order valence-corrected chi connectivity index (χ3v) is 2.89. The van der Waals surface area contributed by atoms with Crippen LogP contribution in [0.1, 0.15) is 11.1 Å². The molecule has 0 spiro atoms. The minimum Gasteiger partial charge on any atom is -0.274 e. The van der Waals surface area contributed by atoms with Crippen LogP contribution in [-0.2, 0) is 6.18 Å². The van der Waals surface area contributed by atoms with E-state index in [9.17, 15) is 13.2 Å². The molecular formula is C8H7BrF3NS. The summed E-state index contributed by atoms with van der Waals surface area (Å²) in [5.41, 5.74) is -0.493. The second kappa shape index (κ2) is 4.12. The lowest BCUT2D eigenvalue weighted by molar-refractivity contribution is -0.138. The zero-order valence-corrected chi connectivity index (χ0v) is 9.55. The minimum absolute atomic E-state index is 0.160. The van der Waals surface area contributed by atoms with Crippen molar-refractivity contribution in [3.63, 3.8) is 0 Å². The molecule has 0 saturated heterocycles. The van der Waals surface area contributed by atoms with Gasteiger partial charge in [-0.15, -0.1) is 0 Å². The average molecular weight is 286 g/mol. The first-order chi connectivity index (χ1) is 6.36. The molecule has 6 heteroatoms. The summed E-state index contributed by atoms with van der Waals surface area (Å²) in [6.07, 6.45) is -4.33. The Morgan fingerprint density at radius 1 is 1.36 bits per heavy atom. The molecule has 0 aliphatic carbocycles. The maximum absolute atomic E-state index is 12.5. The Morgan fingerprint density at radius 2 is 1.93 bits per heavy atom. The second-order valence-corrected chi connectivity index (χ2v) is 4.28. The van der Waals surface area contributed by atoms with Gasteiger partial charge in [0.05, 0.1) is 5.56 Å². The van der Waals surface area contributed by atoms with Crippen LogP contribution in [-0.4, -0.2) is 0 Å². The number of hydrogen-bond donors (Lipinski definition) is 1. The van der Waals surface area contributed by atoms with Crippen LogP contribution in [0.4, 0.5) is 13.2 Å². The molecule has 2 N–H and O–H groups in total. The van der Waals surface area contributed by atoms with Gasteiger partial charge in [0.15, 0.2) is 0 Å². The van der Waals surface area contributed by atoms with E-state index < -0.39 is 11.7 Å². The molecule has 1 rings (SSSR count). The number of halogens is 4. The van der Waals surface area contributed by atoms with Gasteiger partial charge in [0.1, 0.15) is 0 Å². The molecule has 0 saturated carbocycles. The van der Waals surface area contributed by atoms with Crippen molar-refractivity contribution in [2.45, 2.75) is 18.0 Å². The van der Waals surface area contributed by atoms with Crippen molar-refractivity contribution < 1.29 is 13.2 Å². The molecule has 1 aromatic rings. The average Bonchev–Trinajstić information content (AvgIpc) is 2.06. The van der Waals surface area contributed by atoms with Gasteiger partial charge in [0.25, 0.3) is 0 Å². The molecule has 14 heavy (non-hydrogen) atoms. The molecule has 0 heterocycles. The van der Waals surface area contributed by atoms with Crippen molar-refractivity contribution in [3.05, 3.63) is 27.7 Å². The summed E-state index contributed by atoms with van der Waals surface area (Å²) in [5.74, 6) is 0. The fourth-order valence-corrected chi connectivity index (χ4v) is 2.16. The molecule has 78 valence electrons. The Kier molecular flexibility index (Phi) is 3.49. The highest BCUT2D eigenvalue weighted by atomic mass is 79.9. The molecule has 0 bridgehead atoms. The third kappa shape index (κ3) is 2.43. The molecular weight excluding hydrogens is 279 g/mol. The SMILES string of the molecule is Cc1c(SN)cc(Br)cc1C(F)(F)F. The van der Waals surface area contributed by atoms with Crippen LogP contribution in [0.25, 0.3) is 0 Å². The standard InChI is InChI=1S/C8H7BrF3NS/c1-4-6(8(10,11)12)2-5(9)3-7(4)14-13/h2-3H,13H2,1H3. The van der Waals surface area contributed by atoms with Crippen molar-refractivity contribution in [1.29, 1.82) is 0 Å². The predicted octanol–water partition coefficient (Wildman–Crippen LogP) is 3.74. The molecule has 0 amide bonds. The molecule has 0 aromatic heterocycles. The maximum Gasteiger partial charge on any atom is 0.416 e. The topological polar surface area (TPSA) is 26.0 Å². The Bertz CT molecular complexity index is 351. The van der Waals surface area contributed by atoms with Crippen LogP contribution in [0.2, 0.25) is 0 Å². The van der Waals surface area contributed by atoms with E-state index in [4.69, 9.17) is 5.14 Å². The largest absolute Gasteiger partial charge is 0.416 e.